The van der Waals surface area contributed by atoms with Crippen molar-refractivity contribution in [1.82, 2.24) is 4.68 Å². The second kappa shape index (κ2) is 3.31. The summed E-state index contributed by atoms with van der Waals surface area (Å²) < 4.78 is 1.92. The van der Waals surface area contributed by atoms with Crippen LogP contribution in [0.3, 0.4) is 0 Å². The van der Waals surface area contributed by atoms with Crippen molar-refractivity contribution >= 4 is 0 Å². The van der Waals surface area contributed by atoms with E-state index in [4.69, 9.17) is 5.26 Å². The summed E-state index contributed by atoms with van der Waals surface area (Å²) in [5.74, 6) is 0. The minimum absolute atomic E-state index is 0.158. The lowest BCUT2D eigenvalue weighted by Crippen LogP contribution is -2.25. The van der Waals surface area contributed by atoms with Gasteiger partial charge < -0.3 is 5.43 Å². The second-order valence-electron chi connectivity index (χ2n) is 2.93. The number of nitriles is 1. The van der Waals surface area contributed by atoms with Crippen molar-refractivity contribution in [2.45, 2.75) is 26.8 Å². The van der Waals surface area contributed by atoms with Crippen LogP contribution >= 0.6 is 0 Å². The van der Waals surface area contributed by atoms with Gasteiger partial charge in [0.25, 0.3) is 0 Å². The van der Waals surface area contributed by atoms with Crippen LogP contribution in [-0.4, -0.2) is 10.7 Å². The fourth-order valence-corrected chi connectivity index (χ4v) is 1.09. The van der Waals surface area contributed by atoms with E-state index < -0.39 is 0 Å². The van der Waals surface area contributed by atoms with Gasteiger partial charge in [-0.2, -0.15) is 5.26 Å². The first kappa shape index (κ1) is 8.66. The molecule has 1 atom stereocenters. The van der Waals surface area contributed by atoms with Gasteiger partial charge in [-0.15, -0.1) is 0 Å². The summed E-state index contributed by atoms with van der Waals surface area (Å²) in [6.07, 6.45) is 0. The Morgan fingerprint density at radius 1 is 1.42 bits per heavy atom. The number of nitrogens with zero attached hydrogens (tertiary/aromatic N) is 2. The summed E-state index contributed by atoms with van der Waals surface area (Å²) in [6.45, 7) is 5.84. The van der Waals surface area contributed by atoms with Gasteiger partial charge in [-0.1, -0.05) is 0 Å². The molecule has 0 aliphatic heterocycles. The molecule has 0 aromatic carbocycles. The van der Waals surface area contributed by atoms with Crippen LogP contribution in [0.4, 0.5) is 0 Å². The van der Waals surface area contributed by atoms with E-state index in [1.807, 2.05) is 37.6 Å². The molecular formula is C9H13N3. The molecule has 0 saturated heterocycles. The quantitative estimate of drug-likeness (QED) is 0.718. The predicted octanol–water partition coefficient (Wildman–Crippen LogP) is 1.56. The molecule has 1 aromatic heterocycles. The highest BCUT2D eigenvalue weighted by Gasteiger charge is 2.02. The average Bonchev–Trinajstić information content (AvgIpc) is 2.35. The zero-order valence-corrected chi connectivity index (χ0v) is 7.63. The third-order valence-corrected chi connectivity index (χ3v) is 1.79. The van der Waals surface area contributed by atoms with Crippen molar-refractivity contribution in [2.75, 3.05) is 5.43 Å². The Labute approximate surface area is 72.6 Å². The summed E-state index contributed by atoms with van der Waals surface area (Å²) in [5, 5.41) is 8.59. The number of hydrogen-bond acceptors (Lipinski definition) is 2. The van der Waals surface area contributed by atoms with Crippen LogP contribution in [-0.2, 0) is 0 Å². The standard InChI is InChI=1S/C9H13N3/c1-7(6-10)11-12-8(2)4-5-9(12)3/h4-5,7,11H,1-3H3. The largest absolute Gasteiger partial charge is 0.309 e. The van der Waals surface area contributed by atoms with E-state index in [0.29, 0.717) is 0 Å². The lowest BCUT2D eigenvalue weighted by atomic mass is 10.4. The topological polar surface area (TPSA) is 40.8 Å². The van der Waals surface area contributed by atoms with Crippen LogP contribution in [0.15, 0.2) is 12.1 Å². The molecule has 1 rings (SSSR count). The lowest BCUT2D eigenvalue weighted by Gasteiger charge is -2.13. The summed E-state index contributed by atoms with van der Waals surface area (Å²) in [7, 11) is 0. The van der Waals surface area contributed by atoms with E-state index in [9.17, 15) is 0 Å². The van der Waals surface area contributed by atoms with E-state index in [1.54, 1.807) is 0 Å². The van der Waals surface area contributed by atoms with Gasteiger partial charge in [0.2, 0.25) is 0 Å². The molecule has 1 N–H and O–H groups in total. The molecule has 0 amide bonds. The van der Waals surface area contributed by atoms with Gasteiger partial charge in [0, 0.05) is 11.4 Å². The average molecular weight is 163 g/mol. The number of aryl methyl sites for hydroxylation is 2. The monoisotopic (exact) mass is 163 g/mol. The maximum absolute atomic E-state index is 8.59. The Balaban J connectivity index is 2.82. The van der Waals surface area contributed by atoms with Gasteiger partial charge in [0.1, 0.15) is 6.04 Å². The number of nitrogens with one attached hydrogen (secondary N) is 1. The summed E-state index contributed by atoms with van der Waals surface area (Å²) in [4.78, 5) is 0. The van der Waals surface area contributed by atoms with Crippen molar-refractivity contribution in [3.8, 4) is 6.07 Å². The highest BCUT2D eigenvalue weighted by molar-refractivity contribution is 5.16. The lowest BCUT2D eigenvalue weighted by molar-refractivity contribution is 0.754. The summed E-state index contributed by atoms with van der Waals surface area (Å²) in [6, 6.07) is 6.01. The van der Waals surface area contributed by atoms with E-state index in [1.165, 1.54) is 0 Å². The Morgan fingerprint density at radius 3 is 2.33 bits per heavy atom. The molecule has 0 aliphatic carbocycles. The van der Waals surface area contributed by atoms with Gasteiger partial charge in [-0.05, 0) is 32.9 Å². The third kappa shape index (κ3) is 1.59. The van der Waals surface area contributed by atoms with Gasteiger partial charge in [0.15, 0.2) is 0 Å². The number of aromatic nitrogens is 1. The molecule has 3 heteroatoms. The molecule has 0 aliphatic rings. The van der Waals surface area contributed by atoms with Gasteiger partial charge in [-0.3, -0.25) is 4.68 Å². The summed E-state index contributed by atoms with van der Waals surface area (Å²) in [5.41, 5.74) is 5.30. The van der Waals surface area contributed by atoms with Crippen molar-refractivity contribution in [2.24, 2.45) is 0 Å². The molecule has 1 aromatic rings. The zero-order chi connectivity index (χ0) is 9.14. The normalized spacial score (nSPS) is 12.2. The van der Waals surface area contributed by atoms with Crippen LogP contribution in [0.25, 0.3) is 0 Å². The van der Waals surface area contributed by atoms with E-state index in [2.05, 4.69) is 11.5 Å². The molecule has 0 saturated carbocycles. The first-order valence-corrected chi connectivity index (χ1v) is 3.96. The minimum atomic E-state index is -0.158. The molecule has 0 spiro atoms. The fourth-order valence-electron chi connectivity index (χ4n) is 1.09. The first-order chi connectivity index (χ1) is 5.65. The van der Waals surface area contributed by atoms with Crippen LogP contribution in [0.2, 0.25) is 0 Å². The fraction of sp³-hybridized carbons (Fsp3) is 0.444. The third-order valence-electron chi connectivity index (χ3n) is 1.79. The maximum Gasteiger partial charge on any atom is 0.126 e. The van der Waals surface area contributed by atoms with Crippen LogP contribution < -0.4 is 5.43 Å². The van der Waals surface area contributed by atoms with Crippen LogP contribution in [0.5, 0.6) is 0 Å². The van der Waals surface area contributed by atoms with Gasteiger partial charge >= 0.3 is 0 Å². The molecule has 3 nitrogen and oxygen atoms in total. The summed E-state index contributed by atoms with van der Waals surface area (Å²) >= 11 is 0. The Morgan fingerprint density at radius 2 is 1.92 bits per heavy atom. The molecule has 0 fully saturated rings. The predicted molar refractivity (Wildman–Crippen MR) is 48.3 cm³/mol. The molecule has 0 bridgehead atoms. The maximum atomic E-state index is 8.59. The first-order valence-electron chi connectivity index (χ1n) is 3.96. The molecule has 0 radical (unpaired) electrons. The van der Waals surface area contributed by atoms with Crippen molar-refractivity contribution < 1.29 is 0 Å². The minimum Gasteiger partial charge on any atom is -0.309 e. The van der Waals surface area contributed by atoms with Gasteiger partial charge in [0.05, 0.1) is 6.07 Å². The molecule has 64 valence electrons. The highest BCUT2D eigenvalue weighted by atomic mass is 15.4. The van der Waals surface area contributed by atoms with E-state index in [0.717, 1.165) is 11.4 Å². The van der Waals surface area contributed by atoms with E-state index in [-0.39, 0.29) is 6.04 Å². The van der Waals surface area contributed by atoms with E-state index >= 15 is 0 Å². The SMILES string of the molecule is Cc1ccc(C)n1NC(C)C#N. The van der Waals surface area contributed by atoms with Gasteiger partial charge in [-0.25, -0.2) is 0 Å². The Hall–Kier alpha value is -1.43. The van der Waals surface area contributed by atoms with Crippen molar-refractivity contribution in [3.05, 3.63) is 23.5 Å². The Kier molecular flexibility index (Phi) is 2.39. The molecular weight excluding hydrogens is 150 g/mol. The molecule has 1 unspecified atom stereocenters. The highest BCUT2D eigenvalue weighted by Crippen LogP contribution is 2.04. The number of rotatable bonds is 2. The van der Waals surface area contributed by atoms with Crippen molar-refractivity contribution in [1.29, 1.82) is 5.26 Å². The second-order valence-corrected chi connectivity index (χ2v) is 2.93. The van der Waals surface area contributed by atoms with Crippen LogP contribution in [0, 0.1) is 25.2 Å². The molecule has 12 heavy (non-hydrogen) atoms. The molecule has 1 heterocycles. The number of hydrogen-bond donors (Lipinski definition) is 1. The van der Waals surface area contributed by atoms with Crippen LogP contribution in [0.1, 0.15) is 18.3 Å². The Bertz CT molecular complexity index is 287. The zero-order valence-electron chi connectivity index (χ0n) is 7.63. The smallest absolute Gasteiger partial charge is 0.126 e. The van der Waals surface area contributed by atoms with Crippen molar-refractivity contribution in [3.63, 3.8) is 0 Å².